The van der Waals surface area contributed by atoms with Gasteiger partial charge in [-0.15, -0.1) is 0 Å². The molecular formula is C14H17BrO2. The first-order valence-corrected chi connectivity index (χ1v) is 7.03. The maximum absolute atomic E-state index is 6.20. The van der Waals surface area contributed by atoms with Crippen molar-refractivity contribution in [1.29, 1.82) is 0 Å². The van der Waals surface area contributed by atoms with Gasteiger partial charge in [-0.3, -0.25) is 0 Å². The first kappa shape index (κ1) is 11.7. The second-order valence-corrected chi connectivity index (χ2v) is 5.87. The van der Waals surface area contributed by atoms with Crippen LogP contribution in [0.25, 0.3) is 0 Å². The lowest BCUT2D eigenvalue weighted by atomic mass is 9.78. The maximum Gasteiger partial charge on any atom is 0.0978 e. The number of ether oxygens (including phenoxy) is 2. The smallest absolute Gasteiger partial charge is 0.0978 e. The normalized spacial score (nSPS) is 26.8. The van der Waals surface area contributed by atoms with Gasteiger partial charge in [-0.2, -0.15) is 0 Å². The molecule has 1 saturated heterocycles. The molecule has 3 heteroatoms. The summed E-state index contributed by atoms with van der Waals surface area (Å²) in [6.45, 7) is 4.66. The Kier molecular flexibility index (Phi) is 3.01. The third-order valence-electron chi connectivity index (χ3n) is 3.95. The largest absolute Gasteiger partial charge is 0.381 e. The SMILES string of the molecule is C[C@H]1COC2(CCOCC2)c2cccc(Br)c21. The number of fused-ring (bicyclic) bond motifs is 2. The zero-order chi connectivity index (χ0) is 11.9. The molecular weight excluding hydrogens is 280 g/mol. The molecule has 0 radical (unpaired) electrons. The van der Waals surface area contributed by atoms with E-state index >= 15 is 0 Å². The van der Waals surface area contributed by atoms with Crippen LogP contribution >= 0.6 is 15.9 Å². The van der Waals surface area contributed by atoms with Gasteiger partial charge >= 0.3 is 0 Å². The molecule has 0 N–H and O–H groups in total. The van der Waals surface area contributed by atoms with E-state index in [0.29, 0.717) is 5.92 Å². The summed E-state index contributed by atoms with van der Waals surface area (Å²) in [5, 5.41) is 0. The number of hydrogen-bond donors (Lipinski definition) is 0. The Morgan fingerprint density at radius 3 is 2.82 bits per heavy atom. The lowest BCUT2D eigenvalue weighted by molar-refractivity contribution is -0.128. The molecule has 0 bridgehead atoms. The lowest BCUT2D eigenvalue weighted by Crippen LogP contribution is -2.41. The van der Waals surface area contributed by atoms with E-state index in [1.165, 1.54) is 15.6 Å². The van der Waals surface area contributed by atoms with E-state index in [-0.39, 0.29) is 5.60 Å². The van der Waals surface area contributed by atoms with Gasteiger partial charge in [0, 0.05) is 36.4 Å². The van der Waals surface area contributed by atoms with E-state index in [1.54, 1.807) is 0 Å². The summed E-state index contributed by atoms with van der Waals surface area (Å²) in [5.41, 5.74) is 2.71. The van der Waals surface area contributed by atoms with Gasteiger partial charge in [0.1, 0.15) is 0 Å². The van der Waals surface area contributed by atoms with Crippen molar-refractivity contribution in [2.45, 2.75) is 31.3 Å². The predicted octanol–water partition coefficient (Wildman–Crippen LogP) is 3.59. The summed E-state index contributed by atoms with van der Waals surface area (Å²) in [6.07, 6.45) is 1.95. The van der Waals surface area contributed by atoms with Gasteiger partial charge in [-0.1, -0.05) is 35.0 Å². The number of halogens is 1. The standard InChI is InChI=1S/C14H17BrO2/c1-10-9-17-14(5-7-16-8-6-14)11-3-2-4-12(15)13(10)11/h2-4,10H,5-9H2,1H3/t10-/m0/s1. The molecule has 0 saturated carbocycles. The monoisotopic (exact) mass is 296 g/mol. The average Bonchev–Trinajstić information content (AvgIpc) is 2.36. The summed E-state index contributed by atoms with van der Waals surface area (Å²) < 4.78 is 12.9. The fraction of sp³-hybridized carbons (Fsp3) is 0.571. The lowest BCUT2D eigenvalue weighted by Gasteiger charge is -2.44. The van der Waals surface area contributed by atoms with Crippen LogP contribution in [0.4, 0.5) is 0 Å². The molecule has 0 amide bonds. The van der Waals surface area contributed by atoms with Crippen LogP contribution < -0.4 is 0 Å². The van der Waals surface area contributed by atoms with Gasteiger partial charge in [-0.25, -0.2) is 0 Å². The van der Waals surface area contributed by atoms with E-state index in [0.717, 1.165) is 32.7 Å². The van der Waals surface area contributed by atoms with Gasteiger partial charge in [0.05, 0.1) is 12.2 Å². The molecule has 1 fully saturated rings. The van der Waals surface area contributed by atoms with Crippen LogP contribution in [0.15, 0.2) is 22.7 Å². The fourth-order valence-electron chi connectivity index (χ4n) is 3.00. The first-order valence-electron chi connectivity index (χ1n) is 6.23. The van der Waals surface area contributed by atoms with Crippen molar-refractivity contribution in [3.8, 4) is 0 Å². The van der Waals surface area contributed by atoms with Gasteiger partial charge < -0.3 is 9.47 Å². The number of rotatable bonds is 0. The summed E-state index contributed by atoms with van der Waals surface area (Å²) in [6, 6.07) is 6.47. The molecule has 3 rings (SSSR count). The van der Waals surface area contributed by atoms with Crippen molar-refractivity contribution < 1.29 is 9.47 Å². The maximum atomic E-state index is 6.20. The van der Waals surface area contributed by atoms with Gasteiger partial charge in [-0.05, 0) is 17.2 Å². The van der Waals surface area contributed by atoms with E-state index in [9.17, 15) is 0 Å². The quantitative estimate of drug-likeness (QED) is 0.728. The highest BCUT2D eigenvalue weighted by Gasteiger charge is 2.41. The van der Waals surface area contributed by atoms with Crippen molar-refractivity contribution in [2.24, 2.45) is 0 Å². The van der Waals surface area contributed by atoms with Crippen LogP contribution in [0, 0.1) is 0 Å². The first-order chi connectivity index (χ1) is 8.23. The van der Waals surface area contributed by atoms with E-state index in [4.69, 9.17) is 9.47 Å². The van der Waals surface area contributed by atoms with Crippen molar-refractivity contribution in [3.63, 3.8) is 0 Å². The zero-order valence-corrected chi connectivity index (χ0v) is 11.6. The molecule has 1 spiro atoms. The van der Waals surface area contributed by atoms with E-state index in [2.05, 4.69) is 41.1 Å². The molecule has 2 heterocycles. The molecule has 92 valence electrons. The third-order valence-corrected chi connectivity index (χ3v) is 4.64. The Morgan fingerprint density at radius 1 is 1.29 bits per heavy atom. The van der Waals surface area contributed by atoms with Crippen LogP contribution in [-0.4, -0.2) is 19.8 Å². The molecule has 1 atom stereocenters. The molecule has 2 aliphatic heterocycles. The minimum Gasteiger partial charge on any atom is -0.381 e. The predicted molar refractivity (Wildman–Crippen MR) is 70.2 cm³/mol. The molecule has 0 unspecified atom stereocenters. The molecule has 2 aliphatic rings. The van der Waals surface area contributed by atoms with Crippen LogP contribution in [0.2, 0.25) is 0 Å². The fourth-order valence-corrected chi connectivity index (χ4v) is 3.75. The van der Waals surface area contributed by atoms with Crippen LogP contribution in [0.5, 0.6) is 0 Å². The van der Waals surface area contributed by atoms with Crippen molar-refractivity contribution >= 4 is 15.9 Å². The summed E-state index contributed by atoms with van der Waals surface area (Å²) in [4.78, 5) is 0. The van der Waals surface area contributed by atoms with E-state index in [1.807, 2.05) is 0 Å². The van der Waals surface area contributed by atoms with Gasteiger partial charge in [0.2, 0.25) is 0 Å². The highest BCUT2D eigenvalue weighted by Crippen LogP contribution is 2.46. The third kappa shape index (κ3) is 1.85. The van der Waals surface area contributed by atoms with Crippen molar-refractivity contribution in [3.05, 3.63) is 33.8 Å². The van der Waals surface area contributed by atoms with Gasteiger partial charge in [0.15, 0.2) is 0 Å². The highest BCUT2D eigenvalue weighted by molar-refractivity contribution is 9.10. The van der Waals surface area contributed by atoms with Crippen LogP contribution in [0.3, 0.4) is 0 Å². The average molecular weight is 297 g/mol. The Labute approximate surface area is 110 Å². The zero-order valence-electron chi connectivity index (χ0n) is 10.0. The topological polar surface area (TPSA) is 18.5 Å². The molecule has 1 aromatic rings. The summed E-state index contributed by atoms with van der Waals surface area (Å²) >= 11 is 3.69. The molecule has 1 aromatic carbocycles. The van der Waals surface area contributed by atoms with Crippen molar-refractivity contribution in [2.75, 3.05) is 19.8 Å². The Balaban J connectivity index is 2.11. The highest BCUT2D eigenvalue weighted by atomic mass is 79.9. The van der Waals surface area contributed by atoms with E-state index < -0.39 is 0 Å². The van der Waals surface area contributed by atoms with Crippen molar-refractivity contribution in [1.82, 2.24) is 0 Å². The molecule has 0 aromatic heterocycles. The number of hydrogen-bond acceptors (Lipinski definition) is 2. The minimum absolute atomic E-state index is 0.0934. The van der Waals surface area contributed by atoms with Crippen LogP contribution in [0.1, 0.15) is 36.8 Å². The second kappa shape index (κ2) is 4.38. The summed E-state index contributed by atoms with van der Waals surface area (Å²) in [7, 11) is 0. The Morgan fingerprint density at radius 2 is 2.06 bits per heavy atom. The number of benzene rings is 1. The minimum atomic E-state index is -0.0934. The Hall–Kier alpha value is -0.380. The molecule has 2 nitrogen and oxygen atoms in total. The van der Waals surface area contributed by atoms with Gasteiger partial charge in [0.25, 0.3) is 0 Å². The molecule has 0 aliphatic carbocycles. The Bertz CT molecular complexity index is 424. The van der Waals surface area contributed by atoms with Crippen LogP contribution in [-0.2, 0) is 15.1 Å². The molecule has 17 heavy (non-hydrogen) atoms. The summed E-state index contributed by atoms with van der Waals surface area (Å²) in [5.74, 6) is 0.467. The second-order valence-electron chi connectivity index (χ2n) is 5.02.